The fourth-order valence-electron chi connectivity index (χ4n) is 2.01. The second-order valence-electron chi connectivity index (χ2n) is 4.55. The van der Waals surface area contributed by atoms with Gasteiger partial charge in [0.2, 0.25) is 21.8 Å². The Bertz CT molecular complexity index is 687. The number of hydrogen-bond acceptors (Lipinski definition) is 4. The second kappa shape index (κ2) is 5.16. The molecule has 2 rings (SSSR count). The average molecular weight is 317 g/mol. The van der Waals surface area contributed by atoms with E-state index in [1.165, 1.54) is 25.1 Å². The molecule has 0 aromatic heterocycles. The van der Waals surface area contributed by atoms with E-state index in [-0.39, 0.29) is 11.4 Å². The molecule has 0 spiro atoms. The van der Waals surface area contributed by atoms with Crippen LogP contribution in [-0.4, -0.2) is 37.1 Å². The van der Waals surface area contributed by atoms with Gasteiger partial charge in [0.1, 0.15) is 6.04 Å². The molecule has 8 heteroatoms. The van der Waals surface area contributed by atoms with Gasteiger partial charge in [0, 0.05) is 5.02 Å². The van der Waals surface area contributed by atoms with E-state index < -0.39 is 27.9 Å². The number of hydrogen-bond donors (Lipinski definition) is 1. The first-order chi connectivity index (χ1) is 9.23. The minimum Gasteiger partial charge on any atom is -0.294 e. The third-order valence-electron chi connectivity index (χ3n) is 3.10. The lowest BCUT2D eigenvalue weighted by Crippen LogP contribution is -2.58. The third-order valence-corrected chi connectivity index (χ3v) is 5.41. The van der Waals surface area contributed by atoms with Crippen LogP contribution in [0, 0.1) is 6.92 Å². The van der Waals surface area contributed by atoms with Gasteiger partial charge >= 0.3 is 0 Å². The van der Waals surface area contributed by atoms with Crippen LogP contribution in [0.3, 0.4) is 0 Å². The molecule has 1 fully saturated rings. The maximum absolute atomic E-state index is 12.6. The number of benzene rings is 1. The molecule has 0 bridgehead atoms. The van der Waals surface area contributed by atoms with Crippen LogP contribution in [0.4, 0.5) is 0 Å². The van der Waals surface area contributed by atoms with Gasteiger partial charge in [-0.1, -0.05) is 11.6 Å². The molecule has 0 saturated carbocycles. The summed E-state index contributed by atoms with van der Waals surface area (Å²) in [6, 6.07) is 3.41. The molecule has 2 amide bonds. The Morgan fingerprint density at radius 2 is 2.00 bits per heavy atom. The molecule has 1 aliphatic rings. The number of sulfonamides is 1. The molecular weight excluding hydrogens is 304 g/mol. The van der Waals surface area contributed by atoms with E-state index in [2.05, 4.69) is 5.32 Å². The number of halogens is 1. The van der Waals surface area contributed by atoms with Crippen LogP contribution in [0.5, 0.6) is 0 Å². The highest BCUT2D eigenvalue weighted by atomic mass is 35.5. The van der Waals surface area contributed by atoms with E-state index in [1.54, 1.807) is 6.92 Å². The lowest BCUT2D eigenvalue weighted by Gasteiger charge is -2.31. The van der Waals surface area contributed by atoms with Crippen LogP contribution in [0.25, 0.3) is 0 Å². The van der Waals surface area contributed by atoms with Crippen molar-refractivity contribution in [2.24, 2.45) is 0 Å². The van der Waals surface area contributed by atoms with Crippen LogP contribution in [0.15, 0.2) is 23.1 Å². The highest BCUT2D eigenvalue weighted by Crippen LogP contribution is 2.25. The number of aryl methyl sites for hydroxylation is 1. The zero-order chi connectivity index (χ0) is 15.1. The minimum absolute atomic E-state index is 0.0382. The predicted molar refractivity (Wildman–Crippen MR) is 72.7 cm³/mol. The van der Waals surface area contributed by atoms with Crippen molar-refractivity contribution in [1.82, 2.24) is 9.62 Å². The molecule has 1 saturated heterocycles. The Balaban J connectivity index is 2.48. The van der Waals surface area contributed by atoms with Crippen molar-refractivity contribution in [3.05, 3.63) is 28.8 Å². The van der Waals surface area contributed by atoms with E-state index in [1.807, 2.05) is 0 Å². The minimum atomic E-state index is -3.93. The van der Waals surface area contributed by atoms with Gasteiger partial charge in [-0.15, -0.1) is 0 Å². The summed E-state index contributed by atoms with van der Waals surface area (Å²) in [6.45, 7) is 2.66. The molecule has 6 nitrogen and oxygen atoms in total. The number of piperazine rings is 1. The first kappa shape index (κ1) is 15.0. The molecule has 1 atom stereocenters. The number of imide groups is 1. The summed E-state index contributed by atoms with van der Waals surface area (Å²) in [4.78, 5) is 23.0. The highest BCUT2D eigenvalue weighted by molar-refractivity contribution is 7.89. The first-order valence-electron chi connectivity index (χ1n) is 5.85. The van der Waals surface area contributed by atoms with Gasteiger partial charge in [0.15, 0.2) is 0 Å². The predicted octanol–water partition coefficient (Wildman–Crippen LogP) is 0.684. The molecule has 1 heterocycles. The molecule has 0 aliphatic carbocycles. The zero-order valence-electron chi connectivity index (χ0n) is 10.9. The van der Waals surface area contributed by atoms with E-state index in [9.17, 15) is 18.0 Å². The number of rotatable bonds is 2. The molecule has 108 valence electrons. The Morgan fingerprint density at radius 1 is 1.35 bits per heavy atom. The average Bonchev–Trinajstić information content (AvgIpc) is 2.33. The lowest BCUT2D eigenvalue weighted by atomic mass is 10.2. The van der Waals surface area contributed by atoms with Gasteiger partial charge in [-0.2, -0.15) is 4.31 Å². The number of nitrogens with zero attached hydrogens (tertiary/aromatic N) is 1. The van der Waals surface area contributed by atoms with E-state index in [0.717, 1.165) is 4.31 Å². The van der Waals surface area contributed by atoms with Crippen LogP contribution < -0.4 is 5.32 Å². The van der Waals surface area contributed by atoms with E-state index >= 15 is 0 Å². The smallest absolute Gasteiger partial charge is 0.244 e. The highest BCUT2D eigenvalue weighted by Gasteiger charge is 2.39. The molecule has 1 aromatic rings. The van der Waals surface area contributed by atoms with Gasteiger partial charge in [0.25, 0.3) is 0 Å². The van der Waals surface area contributed by atoms with Crippen molar-refractivity contribution >= 4 is 33.4 Å². The maximum Gasteiger partial charge on any atom is 0.244 e. The van der Waals surface area contributed by atoms with Gasteiger partial charge < -0.3 is 0 Å². The molecule has 0 radical (unpaired) electrons. The maximum atomic E-state index is 12.6. The van der Waals surface area contributed by atoms with Crippen molar-refractivity contribution in [2.75, 3.05) is 6.54 Å². The third kappa shape index (κ3) is 2.56. The molecule has 1 unspecified atom stereocenters. The largest absolute Gasteiger partial charge is 0.294 e. The normalized spacial score (nSPS) is 20.9. The Kier molecular flexibility index (Phi) is 3.86. The summed E-state index contributed by atoms with van der Waals surface area (Å²) >= 11 is 5.80. The van der Waals surface area contributed by atoms with Crippen molar-refractivity contribution < 1.29 is 18.0 Å². The van der Waals surface area contributed by atoms with Crippen LogP contribution >= 0.6 is 11.6 Å². The van der Waals surface area contributed by atoms with E-state index in [0.29, 0.717) is 10.6 Å². The summed E-state index contributed by atoms with van der Waals surface area (Å²) < 4.78 is 26.0. The summed E-state index contributed by atoms with van der Waals surface area (Å²) in [6.07, 6.45) is 0. The molecule has 20 heavy (non-hydrogen) atoms. The molecule has 1 aromatic carbocycles. The van der Waals surface area contributed by atoms with Gasteiger partial charge in [-0.25, -0.2) is 8.42 Å². The Labute approximate surface area is 121 Å². The summed E-state index contributed by atoms with van der Waals surface area (Å²) in [7, 11) is -3.93. The van der Waals surface area contributed by atoms with Gasteiger partial charge in [-0.3, -0.25) is 14.9 Å². The summed E-state index contributed by atoms with van der Waals surface area (Å²) in [5, 5.41) is 2.52. The SMILES string of the molecule is Cc1cc(Cl)ccc1S(=O)(=O)N1CC(=O)NC(=O)C1C. The second-order valence-corrected chi connectivity index (χ2v) is 6.84. The number of carbonyl (C=O) groups is 2. The topological polar surface area (TPSA) is 83.6 Å². The van der Waals surface area contributed by atoms with Crippen LogP contribution in [0.2, 0.25) is 5.02 Å². The quantitative estimate of drug-likeness (QED) is 0.813. The Morgan fingerprint density at radius 3 is 2.60 bits per heavy atom. The Hall–Kier alpha value is -1.44. The fourth-order valence-corrected chi connectivity index (χ4v) is 4.00. The lowest BCUT2D eigenvalue weighted by molar-refractivity contribution is -0.136. The van der Waals surface area contributed by atoms with Crippen molar-refractivity contribution in [3.8, 4) is 0 Å². The summed E-state index contributed by atoms with van der Waals surface area (Å²) in [5.74, 6) is -1.26. The van der Waals surface area contributed by atoms with Gasteiger partial charge in [-0.05, 0) is 37.6 Å². The standard InChI is InChI=1S/C12H13ClN2O4S/c1-7-5-9(13)3-4-10(7)20(18,19)15-6-11(16)14-12(17)8(15)2/h3-5,8H,6H2,1-2H3,(H,14,16,17). The van der Waals surface area contributed by atoms with Gasteiger partial charge in [0.05, 0.1) is 11.4 Å². The number of carbonyl (C=O) groups excluding carboxylic acids is 2. The molecule has 1 N–H and O–H groups in total. The molecule has 1 aliphatic heterocycles. The fraction of sp³-hybridized carbons (Fsp3) is 0.333. The van der Waals surface area contributed by atoms with E-state index in [4.69, 9.17) is 11.6 Å². The van der Waals surface area contributed by atoms with Crippen molar-refractivity contribution in [1.29, 1.82) is 0 Å². The zero-order valence-corrected chi connectivity index (χ0v) is 12.5. The van der Waals surface area contributed by atoms with Crippen molar-refractivity contribution in [3.63, 3.8) is 0 Å². The summed E-state index contributed by atoms with van der Waals surface area (Å²) in [5.41, 5.74) is 0.461. The molecular formula is C12H13ClN2O4S. The number of amides is 2. The van der Waals surface area contributed by atoms with Crippen LogP contribution in [0.1, 0.15) is 12.5 Å². The van der Waals surface area contributed by atoms with Crippen molar-refractivity contribution in [2.45, 2.75) is 24.8 Å². The number of nitrogens with one attached hydrogen (secondary N) is 1. The monoisotopic (exact) mass is 316 g/mol. The van der Waals surface area contributed by atoms with Crippen LogP contribution in [-0.2, 0) is 19.6 Å². The first-order valence-corrected chi connectivity index (χ1v) is 7.67.